The summed E-state index contributed by atoms with van der Waals surface area (Å²) in [6, 6.07) is 51.0. The SMILES string of the molecule is CN(c1ccc2c(c1)-c1ccccc1N(c1ccccc1)c1ccccc1-2)c1ccc2c(c1)C(C)(C)c1ccccc1-2. The third-order valence-corrected chi connectivity index (χ3v) is 9.23. The number of anilines is 5. The molecule has 0 radical (unpaired) electrons. The summed E-state index contributed by atoms with van der Waals surface area (Å²) in [6.45, 7) is 4.69. The summed E-state index contributed by atoms with van der Waals surface area (Å²) in [4.78, 5) is 4.72. The van der Waals surface area contributed by atoms with Crippen LogP contribution in [0.5, 0.6) is 0 Å². The zero-order valence-electron chi connectivity index (χ0n) is 24.2. The molecule has 2 aliphatic rings. The van der Waals surface area contributed by atoms with Gasteiger partial charge < -0.3 is 9.80 Å². The molecule has 0 atom stereocenters. The molecule has 1 heterocycles. The first-order valence-corrected chi connectivity index (χ1v) is 14.7. The van der Waals surface area contributed by atoms with Crippen molar-refractivity contribution in [3.05, 3.63) is 151 Å². The summed E-state index contributed by atoms with van der Waals surface area (Å²) >= 11 is 0. The van der Waals surface area contributed by atoms with Gasteiger partial charge in [0.1, 0.15) is 0 Å². The molecule has 0 spiro atoms. The van der Waals surface area contributed by atoms with E-state index in [-0.39, 0.29) is 5.41 Å². The molecule has 0 N–H and O–H groups in total. The molecule has 0 aromatic heterocycles. The number of hydrogen-bond donors (Lipinski definition) is 0. The van der Waals surface area contributed by atoms with Gasteiger partial charge in [0.15, 0.2) is 0 Å². The Morgan fingerprint density at radius 2 is 0.976 bits per heavy atom. The first-order valence-electron chi connectivity index (χ1n) is 14.7. The molecule has 202 valence electrons. The number of nitrogens with zero attached hydrogens (tertiary/aromatic N) is 2. The van der Waals surface area contributed by atoms with Gasteiger partial charge in [-0.05, 0) is 81.9 Å². The number of hydrogen-bond acceptors (Lipinski definition) is 2. The Morgan fingerprint density at radius 1 is 0.452 bits per heavy atom. The summed E-state index contributed by atoms with van der Waals surface area (Å²) in [7, 11) is 2.19. The fourth-order valence-electron chi connectivity index (χ4n) is 7.03. The second-order valence-corrected chi connectivity index (χ2v) is 11.9. The average molecular weight is 541 g/mol. The fourth-order valence-corrected chi connectivity index (χ4v) is 7.03. The van der Waals surface area contributed by atoms with E-state index in [2.05, 4.69) is 170 Å². The molecule has 6 aromatic carbocycles. The van der Waals surface area contributed by atoms with Crippen LogP contribution in [-0.2, 0) is 5.41 Å². The second kappa shape index (κ2) is 9.22. The Bertz CT molecular complexity index is 1990. The quantitative estimate of drug-likeness (QED) is 0.220. The van der Waals surface area contributed by atoms with E-state index in [1.165, 1.54) is 67.3 Å². The van der Waals surface area contributed by atoms with Gasteiger partial charge >= 0.3 is 0 Å². The van der Waals surface area contributed by atoms with Crippen LogP contribution in [0.1, 0.15) is 25.0 Å². The van der Waals surface area contributed by atoms with Crippen LogP contribution in [0, 0.1) is 0 Å². The molecule has 6 aromatic rings. The molecule has 0 saturated carbocycles. The normalized spacial score (nSPS) is 13.7. The van der Waals surface area contributed by atoms with Gasteiger partial charge in [0, 0.05) is 40.7 Å². The maximum Gasteiger partial charge on any atom is 0.0540 e. The Morgan fingerprint density at radius 3 is 1.69 bits per heavy atom. The molecular formula is C40H32N2. The van der Waals surface area contributed by atoms with Crippen molar-refractivity contribution in [3.8, 4) is 33.4 Å². The predicted molar refractivity (Wildman–Crippen MR) is 178 cm³/mol. The number of para-hydroxylation sites is 3. The van der Waals surface area contributed by atoms with Crippen LogP contribution in [0.2, 0.25) is 0 Å². The van der Waals surface area contributed by atoms with Gasteiger partial charge in [0.2, 0.25) is 0 Å². The molecule has 0 amide bonds. The van der Waals surface area contributed by atoms with E-state index >= 15 is 0 Å². The average Bonchev–Trinajstić information content (AvgIpc) is 3.19. The van der Waals surface area contributed by atoms with Crippen LogP contribution in [-0.4, -0.2) is 7.05 Å². The first-order chi connectivity index (χ1) is 20.5. The smallest absolute Gasteiger partial charge is 0.0540 e. The van der Waals surface area contributed by atoms with Gasteiger partial charge in [-0.2, -0.15) is 0 Å². The number of fused-ring (bicyclic) bond motifs is 8. The molecule has 0 saturated heterocycles. The van der Waals surface area contributed by atoms with Gasteiger partial charge in [0.05, 0.1) is 11.4 Å². The molecule has 0 fully saturated rings. The van der Waals surface area contributed by atoms with Crippen LogP contribution < -0.4 is 9.80 Å². The van der Waals surface area contributed by atoms with Crippen molar-refractivity contribution in [2.24, 2.45) is 0 Å². The lowest BCUT2D eigenvalue weighted by molar-refractivity contribution is 0.660. The third kappa shape index (κ3) is 3.58. The van der Waals surface area contributed by atoms with Gasteiger partial charge in [0.25, 0.3) is 0 Å². The Balaban J connectivity index is 1.28. The van der Waals surface area contributed by atoms with Crippen molar-refractivity contribution in [2.45, 2.75) is 19.3 Å². The second-order valence-electron chi connectivity index (χ2n) is 11.9. The van der Waals surface area contributed by atoms with Crippen LogP contribution in [0.4, 0.5) is 28.4 Å². The van der Waals surface area contributed by atoms with E-state index in [0.717, 1.165) is 5.69 Å². The maximum atomic E-state index is 2.40. The van der Waals surface area contributed by atoms with Crippen molar-refractivity contribution in [3.63, 3.8) is 0 Å². The minimum atomic E-state index is -0.0277. The summed E-state index contributed by atoms with van der Waals surface area (Å²) in [5.74, 6) is 0. The molecule has 42 heavy (non-hydrogen) atoms. The van der Waals surface area contributed by atoms with E-state index in [9.17, 15) is 0 Å². The summed E-state index contributed by atoms with van der Waals surface area (Å²) in [5.41, 5.74) is 16.3. The predicted octanol–water partition coefficient (Wildman–Crippen LogP) is 10.9. The summed E-state index contributed by atoms with van der Waals surface area (Å²) in [6.07, 6.45) is 0. The summed E-state index contributed by atoms with van der Waals surface area (Å²) in [5, 5.41) is 0. The Labute approximate surface area is 248 Å². The standard InChI is InChI=1S/C40H32N2/c1-40(2)36-18-10-7-15-31(36)32-24-22-29(26-37(32)40)41(3)28-21-23-30-33-16-8-11-19-38(33)42(27-13-5-4-6-14-27)39-20-12-9-17-34(39)35(30)25-28/h4-26H,1-3H3. The van der Waals surface area contributed by atoms with E-state index in [4.69, 9.17) is 0 Å². The zero-order valence-corrected chi connectivity index (χ0v) is 24.2. The van der Waals surface area contributed by atoms with Gasteiger partial charge in [-0.1, -0.05) is 105 Å². The highest BCUT2D eigenvalue weighted by Crippen LogP contribution is 2.52. The minimum Gasteiger partial charge on any atom is -0.345 e. The molecule has 8 rings (SSSR count). The van der Waals surface area contributed by atoms with Crippen molar-refractivity contribution in [2.75, 3.05) is 16.8 Å². The van der Waals surface area contributed by atoms with Gasteiger partial charge in [-0.15, -0.1) is 0 Å². The third-order valence-electron chi connectivity index (χ3n) is 9.23. The molecule has 0 unspecified atom stereocenters. The molecule has 2 heteroatoms. The molecular weight excluding hydrogens is 508 g/mol. The summed E-state index contributed by atoms with van der Waals surface area (Å²) < 4.78 is 0. The van der Waals surface area contributed by atoms with E-state index in [0.29, 0.717) is 0 Å². The molecule has 2 nitrogen and oxygen atoms in total. The van der Waals surface area contributed by atoms with Gasteiger partial charge in [-0.3, -0.25) is 0 Å². The maximum absolute atomic E-state index is 2.40. The van der Waals surface area contributed by atoms with Crippen molar-refractivity contribution in [1.29, 1.82) is 0 Å². The lowest BCUT2D eigenvalue weighted by atomic mass is 9.82. The zero-order chi connectivity index (χ0) is 28.4. The van der Waals surface area contributed by atoms with E-state index < -0.39 is 0 Å². The number of benzene rings is 6. The monoisotopic (exact) mass is 540 g/mol. The van der Waals surface area contributed by atoms with E-state index in [1.54, 1.807) is 0 Å². The van der Waals surface area contributed by atoms with Crippen molar-refractivity contribution >= 4 is 28.4 Å². The van der Waals surface area contributed by atoms with Crippen LogP contribution in [0.25, 0.3) is 33.4 Å². The van der Waals surface area contributed by atoms with Gasteiger partial charge in [-0.25, -0.2) is 0 Å². The first kappa shape index (κ1) is 24.7. The lowest BCUT2D eigenvalue weighted by Gasteiger charge is -2.27. The van der Waals surface area contributed by atoms with E-state index in [1.807, 2.05) is 0 Å². The van der Waals surface area contributed by atoms with Crippen LogP contribution >= 0.6 is 0 Å². The molecule has 1 aliphatic heterocycles. The molecule has 1 aliphatic carbocycles. The van der Waals surface area contributed by atoms with Crippen LogP contribution in [0.3, 0.4) is 0 Å². The highest BCUT2D eigenvalue weighted by molar-refractivity contribution is 6.03. The van der Waals surface area contributed by atoms with Crippen molar-refractivity contribution < 1.29 is 0 Å². The Hall–Kier alpha value is -5.08. The topological polar surface area (TPSA) is 6.48 Å². The minimum absolute atomic E-state index is 0.0277. The number of rotatable bonds is 3. The Kier molecular flexibility index (Phi) is 5.42. The lowest BCUT2D eigenvalue weighted by Crippen LogP contribution is -2.16. The largest absolute Gasteiger partial charge is 0.345 e. The fraction of sp³-hybridized carbons (Fsp3) is 0.100. The van der Waals surface area contributed by atoms with Crippen LogP contribution in [0.15, 0.2) is 140 Å². The van der Waals surface area contributed by atoms with Crippen molar-refractivity contribution in [1.82, 2.24) is 0 Å². The molecule has 0 bridgehead atoms. The highest BCUT2D eigenvalue weighted by Gasteiger charge is 2.35. The highest BCUT2D eigenvalue weighted by atomic mass is 15.1.